The van der Waals surface area contributed by atoms with Crippen molar-refractivity contribution in [3.8, 4) is 11.5 Å². The molecule has 2 aromatic carbocycles. The molecule has 0 N–H and O–H groups in total. The Morgan fingerprint density at radius 3 is 1.49 bits per heavy atom. The SMILES string of the molecule is CCOc1c(I)cc(C(C)C(=O)OCOC(=O)C(C)c2cc(I)c(OC(=O)C(C)(C)C)c(I)c2)cc1I. The number of hydrogen-bond acceptors (Lipinski definition) is 7. The van der Waals surface area contributed by atoms with Crippen molar-refractivity contribution in [3.05, 3.63) is 49.7 Å². The highest BCUT2D eigenvalue weighted by atomic mass is 127. The van der Waals surface area contributed by atoms with Crippen LogP contribution in [0.1, 0.15) is 64.5 Å². The molecule has 2 rings (SSSR count). The molecule has 0 fully saturated rings. The highest BCUT2D eigenvalue weighted by Gasteiger charge is 2.27. The minimum atomic E-state index is -0.638. The van der Waals surface area contributed by atoms with Crippen LogP contribution in [-0.4, -0.2) is 31.3 Å². The lowest BCUT2D eigenvalue weighted by Crippen LogP contribution is -2.26. The second-order valence-electron chi connectivity index (χ2n) is 9.19. The number of rotatable bonds is 9. The van der Waals surface area contributed by atoms with Crippen LogP contribution >= 0.6 is 90.4 Å². The van der Waals surface area contributed by atoms with E-state index in [9.17, 15) is 14.4 Å². The van der Waals surface area contributed by atoms with E-state index >= 15 is 0 Å². The first kappa shape index (κ1) is 32.8. The van der Waals surface area contributed by atoms with Gasteiger partial charge >= 0.3 is 17.9 Å². The molecule has 0 saturated heterocycles. The lowest BCUT2D eigenvalue weighted by molar-refractivity contribution is -0.168. The summed E-state index contributed by atoms with van der Waals surface area (Å²) in [7, 11) is 0. The molecule has 0 aliphatic carbocycles. The van der Waals surface area contributed by atoms with Gasteiger partial charge in [-0.2, -0.15) is 0 Å². The zero-order valence-electron chi connectivity index (χ0n) is 21.2. The van der Waals surface area contributed by atoms with E-state index in [2.05, 4.69) is 90.4 Å². The number of esters is 3. The summed E-state index contributed by atoms with van der Waals surface area (Å²) in [4.78, 5) is 37.5. The van der Waals surface area contributed by atoms with E-state index in [1.165, 1.54) is 0 Å². The van der Waals surface area contributed by atoms with Crippen LogP contribution in [0.25, 0.3) is 0 Å². The molecule has 2 unspecified atom stereocenters. The first-order valence-corrected chi connectivity index (χ1v) is 15.6. The molecule has 11 heteroatoms. The summed E-state index contributed by atoms with van der Waals surface area (Å²) in [6, 6.07) is 7.34. The highest BCUT2D eigenvalue weighted by molar-refractivity contribution is 14.1. The minimum Gasteiger partial charge on any atom is -0.492 e. The summed E-state index contributed by atoms with van der Waals surface area (Å²) >= 11 is 8.52. The van der Waals surface area contributed by atoms with Gasteiger partial charge in [0.05, 0.1) is 38.1 Å². The number of carbonyl (C=O) groups is 3. The monoisotopic (exact) mass is 960 g/mol. The molecule has 0 heterocycles. The van der Waals surface area contributed by atoms with Crippen molar-refractivity contribution in [1.29, 1.82) is 0 Å². The third-order valence-electron chi connectivity index (χ3n) is 5.25. The Morgan fingerprint density at radius 2 is 1.14 bits per heavy atom. The van der Waals surface area contributed by atoms with Gasteiger partial charge in [-0.25, -0.2) is 0 Å². The zero-order valence-corrected chi connectivity index (χ0v) is 29.9. The Labute approximate surface area is 272 Å². The molecule has 7 nitrogen and oxygen atoms in total. The molecule has 0 radical (unpaired) electrons. The quantitative estimate of drug-likeness (QED) is 0.112. The van der Waals surface area contributed by atoms with Crippen LogP contribution in [0.4, 0.5) is 0 Å². The molecule has 2 aromatic rings. The van der Waals surface area contributed by atoms with Crippen LogP contribution in [0.3, 0.4) is 0 Å². The largest absolute Gasteiger partial charge is 0.492 e. The van der Waals surface area contributed by atoms with Crippen molar-refractivity contribution in [3.63, 3.8) is 0 Å². The van der Waals surface area contributed by atoms with Gasteiger partial charge in [-0.05, 0) is 167 Å². The van der Waals surface area contributed by atoms with E-state index in [1.54, 1.807) is 46.8 Å². The van der Waals surface area contributed by atoms with Gasteiger partial charge in [-0.1, -0.05) is 0 Å². The Kier molecular flexibility index (Phi) is 12.6. The number of ether oxygens (including phenoxy) is 4. The summed E-state index contributed by atoms with van der Waals surface area (Å²) in [6.45, 7) is 10.8. The van der Waals surface area contributed by atoms with Gasteiger partial charge in [0.15, 0.2) is 5.75 Å². The maximum absolute atomic E-state index is 12.7. The molecule has 0 bridgehead atoms. The molecule has 0 aliphatic rings. The Bertz CT molecular complexity index is 1130. The molecule has 0 saturated carbocycles. The molecule has 0 aromatic heterocycles. The smallest absolute Gasteiger partial charge is 0.316 e. The predicted octanol–water partition coefficient (Wildman–Crippen LogP) is 7.41. The van der Waals surface area contributed by atoms with Crippen molar-refractivity contribution in [2.45, 2.75) is 53.4 Å². The van der Waals surface area contributed by atoms with Crippen molar-refractivity contribution in [2.24, 2.45) is 5.41 Å². The van der Waals surface area contributed by atoms with Gasteiger partial charge in [0.2, 0.25) is 6.79 Å². The second-order valence-corrected chi connectivity index (χ2v) is 13.8. The van der Waals surface area contributed by atoms with Crippen LogP contribution in [0.15, 0.2) is 24.3 Å². The Balaban J connectivity index is 2.00. The van der Waals surface area contributed by atoms with E-state index in [1.807, 2.05) is 19.1 Å². The topological polar surface area (TPSA) is 88.1 Å². The van der Waals surface area contributed by atoms with Crippen LogP contribution in [-0.2, 0) is 23.9 Å². The highest BCUT2D eigenvalue weighted by Crippen LogP contribution is 2.34. The summed E-state index contributed by atoms with van der Waals surface area (Å²) in [5, 5.41) is 0. The average molecular weight is 960 g/mol. The zero-order chi connectivity index (χ0) is 28.1. The van der Waals surface area contributed by atoms with Gasteiger partial charge in [-0.15, -0.1) is 0 Å². The van der Waals surface area contributed by atoms with E-state index in [4.69, 9.17) is 18.9 Å². The Hall–Kier alpha value is -0.430. The van der Waals surface area contributed by atoms with Gasteiger partial charge in [-0.3, -0.25) is 14.4 Å². The fourth-order valence-corrected chi connectivity index (χ4v) is 7.12. The summed E-state index contributed by atoms with van der Waals surface area (Å²) in [5.41, 5.74) is 0.853. The maximum atomic E-state index is 12.7. The average Bonchev–Trinajstić information content (AvgIpc) is 2.81. The fourth-order valence-electron chi connectivity index (χ4n) is 2.95. The standard InChI is InChI=1S/C26H28I4O7/c1-7-34-21-17(27)8-15(9-18(21)28)13(2)23(31)35-12-36-24(32)14(3)16-10-19(29)22(20(30)11-16)37-25(33)26(4,5)6/h8-11,13-14H,7,12H2,1-6H3. The molecule has 202 valence electrons. The van der Waals surface area contributed by atoms with Gasteiger partial charge in [0.1, 0.15) is 5.75 Å². The van der Waals surface area contributed by atoms with Crippen LogP contribution in [0, 0.1) is 19.7 Å². The lowest BCUT2D eigenvalue weighted by Gasteiger charge is -2.19. The molecule has 0 aliphatic heterocycles. The van der Waals surface area contributed by atoms with E-state index < -0.39 is 36.0 Å². The fraction of sp³-hybridized carbons (Fsp3) is 0.423. The molecule has 2 atom stereocenters. The number of carbonyl (C=O) groups excluding carboxylic acids is 3. The summed E-state index contributed by atoms with van der Waals surface area (Å²) in [6.07, 6.45) is 0. The minimum absolute atomic E-state index is 0.339. The number of benzene rings is 2. The van der Waals surface area contributed by atoms with Crippen LogP contribution < -0.4 is 9.47 Å². The van der Waals surface area contributed by atoms with Crippen LogP contribution in [0.2, 0.25) is 0 Å². The van der Waals surface area contributed by atoms with E-state index in [-0.39, 0.29) is 5.97 Å². The van der Waals surface area contributed by atoms with Crippen molar-refractivity contribution < 1.29 is 33.3 Å². The normalized spacial score (nSPS) is 12.9. The third kappa shape index (κ3) is 9.05. The third-order valence-corrected chi connectivity index (χ3v) is 8.45. The number of hydrogen-bond donors (Lipinski definition) is 0. The molecule has 0 amide bonds. The van der Waals surface area contributed by atoms with Gasteiger partial charge < -0.3 is 18.9 Å². The molecular formula is C26H28I4O7. The van der Waals surface area contributed by atoms with Crippen molar-refractivity contribution in [1.82, 2.24) is 0 Å². The summed E-state index contributed by atoms with van der Waals surface area (Å²) < 4.78 is 24.9. The first-order chi connectivity index (χ1) is 17.2. The first-order valence-electron chi connectivity index (χ1n) is 11.3. The van der Waals surface area contributed by atoms with Crippen LogP contribution in [0.5, 0.6) is 11.5 Å². The lowest BCUT2D eigenvalue weighted by atomic mass is 9.97. The summed E-state index contributed by atoms with van der Waals surface area (Å²) in [5.74, 6) is -1.26. The second kappa shape index (κ2) is 14.3. The van der Waals surface area contributed by atoms with Gasteiger partial charge in [0, 0.05) is 0 Å². The van der Waals surface area contributed by atoms with Crippen molar-refractivity contribution in [2.75, 3.05) is 13.4 Å². The maximum Gasteiger partial charge on any atom is 0.316 e. The van der Waals surface area contributed by atoms with Gasteiger partial charge in [0.25, 0.3) is 0 Å². The Morgan fingerprint density at radius 1 is 0.757 bits per heavy atom. The predicted molar refractivity (Wildman–Crippen MR) is 174 cm³/mol. The number of halogens is 4. The van der Waals surface area contributed by atoms with E-state index in [0.29, 0.717) is 25.1 Å². The molecular weight excluding hydrogens is 932 g/mol. The van der Waals surface area contributed by atoms with E-state index in [0.717, 1.165) is 18.5 Å². The molecule has 37 heavy (non-hydrogen) atoms. The van der Waals surface area contributed by atoms with Crippen molar-refractivity contribution >= 4 is 108 Å². The molecule has 0 spiro atoms.